The number of aliphatic hydroxyl groups is 1. The molecule has 3 atom stereocenters. The van der Waals surface area contributed by atoms with E-state index in [1.54, 1.807) is 13.8 Å². The molecule has 3 unspecified atom stereocenters. The monoisotopic (exact) mass is 455 g/mol. The van der Waals surface area contributed by atoms with Crippen LogP contribution in [0.5, 0.6) is 0 Å². The Kier molecular flexibility index (Phi) is 18.3. The lowest BCUT2D eigenvalue weighted by Crippen LogP contribution is -2.57. The lowest BCUT2D eigenvalue weighted by molar-refractivity contribution is -0.184. The molecule has 0 saturated heterocycles. The van der Waals surface area contributed by atoms with Gasteiger partial charge in [0.25, 0.3) is 5.91 Å². The highest BCUT2D eigenvalue weighted by Gasteiger charge is 2.46. The van der Waals surface area contributed by atoms with Gasteiger partial charge in [-0.1, -0.05) is 97.5 Å². The lowest BCUT2D eigenvalue weighted by atomic mass is 9.88. The van der Waals surface area contributed by atoms with E-state index >= 15 is 0 Å². The van der Waals surface area contributed by atoms with Crippen LogP contribution >= 0.6 is 0 Å². The summed E-state index contributed by atoms with van der Waals surface area (Å²) in [6, 6.07) is 0. The van der Waals surface area contributed by atoms with E-state index in [1.807, 2.05) is 0 Å². The van der Waals surface area contributed by atoms with Gasteiger partial charge in [0, 0.05) is 6.08 Å². The number of unbranched alkanes of at least 4 members (excludes halogenated alkanes) is 12. The molecular formula is C26H49NO5. The van der Waals surface area contributed by atoms with Crippen molar-refractivity contribution >= 4 is 11.9 Å². The number of hydrogen-bond acceptors (Lipinski definition) is 5. The molecule has 0 aliphatic carbocycles. The third-order valence-electron chi connectivity index (χ3n) is 6.04. The minimum absolute atomic E-state index is 0.0580. The maximum atomic E-state index is 12.3. The summed E-state index contributed by atoms with van der Waals surface area (Å²) >= 11 is 0. The van der Waals surface area contributed by atoms with E-state index in [0.717, 1.165) is 25.3 Å². The van der Waals surface area contributed by atoms with Gasteiger partial charge in [-0.2, -0.15) is 0 Å². The highest BCUT2D eigenvalue weighted by atomic mass is 16.6. The molecule has 0 aliphatic rings. The Morgan fingerprint density at radius 2 is 1.41 bits per heavy atom. The Hall–Kier alpha value is -1.40. The van der Waals surface area contributed by atoms with E-state index in [1.165, 1.54) is 64.2 Å². The molecule has 0 aromatic rings. The van der Waals surface area contributed by atoms with Crippen molar-refractivity contribution in [2.24, 2.45) is 5.73 Å². The summed E-state index contributed by atoms with van der Waals surface area (Å²) in [7, 11) is 0. The van der Waals surface area contributed by atoms with E-state index < -0.39 is 29.7 Å². The van der Waals surface area contributed by atoms with Crippen molar-refractivity contribution in [3.63, 3.8) is 0 Å². The summed E-state index contributed by atoms with van der Waals surface area (Å²) in [5, 5.41) is 9.60. The Labute approximate surface area is 196 Å². The standard InChI is InChI=1S/C26H49NO5/c1-5-8-9-10-11-12-13-14-15-16-17-18-19-20-23(32-24(29)6-2)26(7-3,25(27)30)31-21-22(4)28/h6,22-23,28H,2,5,7-21H2,1,3-4H3,(H2,27,30). The Morgan fingerprint density at radius 1 is 0.938 bits per heavy atom. The topological polar surface area (TPSA) is 98.8 Å². The number of ether oxygens (including phenoxy) is 2. The van der Waals surface area contributed by atoms with Gasteiger partial charge in [0.15, 0.2) is 5.60 Å². The van der Waals surface area contributed by atoms with E-state index in [4.69, 9.17) is 15.2 Å². The van der Waals surface area contributed by atoms with Gasteiger partial charge in [-0.3, -0.25) is 4.79 Å². The van der Waals surface area contributed by atoms with E-state index in [2.05, 4.69) is 13.5 Å². The molecule has 0 saturated carbocycles. The molecule has 0 aromatic heterocycles. The first kappa shape index (κ1) is 30.6. The average molecular weight is 456 g/mol. The normalized spacial score (nSPS) is 15.0. The van der Waals surface area contributed by atoms with Gasteiger partial charge in [-0.05, 0) is 26.2 Å². The number of amides is 1. The number of rotatable bonds is 22. The van der Waals surface area contributed by atoms with E-state index in [0.29, 0.717) is 6.42 Å². The molecule has 0 fully saturated rings. The number of esters is 1. The van der Waals surface area contributed by atoms with E-state index in [9.17, 15) is 14.7 Å². The fourth-order valence-electron chi connectivity index (χ4n) is 4.02. The third-order valence-corrected chi connectivity index (χ3v) is 6.04. The van der Waals surface area contributed by atoms with Crippen LogP contribution in [0.15, 0.2) is 12.7 Å². The Morgan fingerprint density at radius 3 is 1.78 bits per heavy atom. The molecule has 0 rings (SSSR count). The second kappa shape index (κ2) is 19.1. The highest BCUT2D eigenvalue weighted by molar-refractivity contribution is 5.86. The van der Waals surface area contributed by atoms with Crippen molar-refractivity contribution < 1.29 is 24.2 Å². The van der Waals surface area contributed by atoms with Crippen molar-refractivity contribution in [2.75, 3.05) is 6.61 Å². The van der Waals surface area contributed by atoms with Gasteiger partial charge in [-0.25, -0.2) is 4.79 Å². The van der Waals surface area contributed by atoms with Crippen molar-refractivity contribution in [1.82, 2.24) is 0 Å². The van der Waals surface area contributed by atoms with Crippen LogP contribution in [0.3, 0.4) is 0 Å². The molecule has 32 heavy (non-hydrogen) atoms. The molecule has 3 N–H and O–H groups in total. The maximum absolute atomic E-state index is 12.3. The predicted molar refractivity (Wildman–Crippen MR) is 130 cm³/mol. The summed E-state index contributed by atoms with van der Waals surface area (Å²) in [6.45, 7) is 8.97. The van der Waals surface area contributed by atoms with Crippen LogP contribution in [0, 0.1) is 0 Å². The third kappa shape index (κ3) is 13.2. The molecular weight excluding hydrogens is 406 g/mol. The summed E-state index contributed by atoms with van der Waals surface area (Å²) < 4.78 is 11.2. The number of carbonyl (C=O) groups is 2. The fourth-order valence-corrected chi connectivity index (χ4v) is 4.02. The van der Waals surface area contributed by atoms with Gasteiger partial charge < -0.3 is 20.3 Å². The first-order chi connectivity index (χ1) is 15.3. The summed E-state index contributed by atoms with van der Waals surface area (Å²) in [4.78, 5) is 24.2. The second-order valence-electron chi connectivity index (χ2n) is 8.93. The smallest absolute Gasteiger partial charge is 0.330 e. The number of primary amides is 1. The zero-order valence-electron chi connectivity index (χ0n) is 20.9. The average Bonchev–Trinajstić information content (AvgIpc) is 2.76. The van der Waals surface area contributed by atoms with Crippen LogP contribution in [0.25, 0.3) is 0 Å². The SMILES string of the molecule is C=CC(=O)OC(CCCCCCCCCCCCCCC)C(CC)(OCC(C)O)C(N)=O. The highest BCUT2D eigenvalue weighted by Crippen LogP contribution is 2.28. The quantitative estimate of drug-likeness (QED) is 0.126. The summed E-state index contributed by atoms with van der Waals surface area (Å²) in [6.07, 6.45) is 16.3. The summed E-state index contributed by atoms with van der Waals surface area (Å²) in [5.74, 6) is -1.29. The Balaban J connectivity index is 4.41. The molecule has 0 aliphatic heterocycles. The molecule has 0 bridgehead atoms. The van der Waals surface area contributed by atoms with Crippen LogP contribution in [0.1, 0.15) is 117 Å². The zero-order valence-corrected chi connectivity index (χ0v) is 20.9. The molecule has 6 nitrogen and oxygen atoms in total. The van der Waals surface area contributed by atoms with E-state index in [-0.39, 0.29) is 13.0 Å². The van der Waals surface area contributed by atoms with Gasteiger partial charge in [-0.15, -0.1) is 0 Å². The van der Waals surface area contributed by atoms with Crippen LogP contribution in [-0.2, 0) is 19.1 Å². The molecule has 6 heteroatoms. The number of hydrogen-bond donors (Lipinski definition) is 2. The number of carbonyl (C=O) groups excluding carboxylic acids is 2. The van der Waals surface area contributed by atoms with Crippen molar-refractivity contribution in [3.05, 3.63) is 12.7 Å². The zero-order chi connectivity index (χ0) is 24.2. The minimum Gasteiger partial charge on any atom is -0.456 e. The first-order valence-corrected chi connectivity index (χ1v) is 12.8. The Bertz CT molecular complexity index is 508. The van der Waals surface area contributed by atoms with Gasteiger partial charge in [0.1, 0.15) is 6.10 Å². The fraction of sp³-hybridized carbons (Fsp3) is 0.846. The van der Waals surface area contributed by atoms with Crippen LogP contribution < -0.4 is 5.73 Å². The predicted octanol–water partition coefficient (Wildman–Crippen LogP) is 5.60. The molecule has 0 heterocycles. The molecule has 1 amide bonds. The van der Waals surface area contributed by atoms with Crippen molar-refractivity contribution in [3.8, 4) is 0 Å². The molecule has 188 valence electrons. The maximum Gasteiger partial charge on any atom is 0.330 e. The van der Waals surface area contributed by atoms with Gasteiger partial charge >= 0.3 is 5.97 Å². The minimum atomic E-state index is -1.45. The van der Waals surface area contributed by atoms with Crippen LogP contribution in [0.2, 0.25) is 0 Å². The largest absolute Gasteiger partial charge is 0.456 e. The van der Waals surface area contributed by atoms with Crippen molar-refractivity contribution in [1.29, 1.82) is 0 Å². The number of aliphatic hydroxyl groups excluding tert-OH is 1. The number of nitrogens with two attached hydrogens (primary N) is 1. The second-order valence-corrected chi connectivity index (χ2v) is 8.93. The van der Waals surface area contributed by atoms with Gasteiger partial charge in [0.05, 0.1) is 12.7 Å². The van der Waals surface area contributed by atoms with Crippen LogP contribution in [-0.4, -0.2) is 41.4 Å². The first-order valence-electron chi connectivity index (χ1n) is 12.8. The molecule has 0 aromatic carbocycles. The summed E-state index contributed by atoms with van der Waals surface area (Å²) in [5.41, 5.74) is 4.22. The van der Waals surface area contributed by atoms with Crippen LogP contribution in [0.4, 0.5) is 0 Å². The van der Waals surface area contributed by atoms with Gasteiger partial charge in [0.2, 0.25) is 0 Å². The van der Waals surface area contributed by atoms with Crippen molar-refractivity contribution in [2.45, 2.75) is 135 Å². The molecule has 0 radical (unpaired) electrons. The lowest BCUT2D eigenvalue weighted by Gasteiger charge is -2.37. The molecule has 0 spiro atoms.